The highest BCUT2D eigenvalue weighted by atomic mass is 15.1. The Morgan fingerprint density at radius 1 is 0.686 bits per heavy atom. The normalized spacial score (nSPS) is 19.6. The Bertz CT molecular complexity index is 1390. The van der Waals surface area contributed by atoms with Gasteiger partial charge >= 0.3 is 0 Å². The van der Waals surface area contributed by atoms with Gasteiger partial charge in [0, 0.05) is 28.2 Å². The van der Waals surface area contributed by atoms with Crippen LogP contribution < -0.4 is 0 Å². The molecule has 1 aromatic carbocycles. The molecule has 0 saturated carbocycles. The second-order valence-corrected chi connectivity index (χ2v) is 13.6. The molecular weight excluding hydrogens is 428 g/mol. The molecule has 0 N–H and O–H groups in total. The summed E-state index contributed by atoms with van der Waals surface area (Å²) in [5.74, 6) is 2.01. The minimum absolute atomic E-state index is 0.0563. The molecule has 1 aliphatic carbocycles. The van der Waals surface area contributed by atoms with Crippen LogP contribution in [0.25, 0.3) is 22.6 Å². The van der Waals surface area contributed by atoms with Crippen molar-refractivity contribution in [1.29, 1.82) is 0 Å². The lowest BCUT2D eigenvalue weighted by Crippen LogP contribution is -2.42. The van der Waals surface area contributed by atoms with Crippen molar-refractivity contribution in [2.45, 2.75) is 105 Å². The number of aromatic nitrogens is 4. The Morgan fingerprint density at radius 2 is 1.23 bits per heavy atom. The first-order valence-corrected chi connectivity index (χ1v) is 12.5. The van der Waals surface area contributed by atoms with E-state index >= 15 is 0 Å². The van der Waals surface area contributed by atoms with Gasteiger partial charge in [0.2, 0.25) is 0 Å². The molecule has 35 heavy (non-hydrogen) atoms. The predicted octanol–water partition coefficient (Wildman–Crippen LogP) is 7.79. The molecule has 4 heteroatoms. The zero-order valence-electron chi connectivity index (χ0n) is 26.5. The van der Waals surface area contributed by atoms with Gasteiger partial charge in [-0.05, 0) is 45.5 Å². The van der Waals surface area contributed by atoms with E-state index in [-0.39, 0.29) is 39.2 Å². The minimum atomic E-state index is -0.349. The molecule has 1 aliphatic rings. The van der Waals surface area contributed by atoms with Crippen LogP contribution in [0.3, 0.4) is 0 Å². The average molecular weight is 474 g/mol. The topological polar surface area (TPSA) is 51.6 Å². The van der Waals surface area contributed by atoms with Gasteiger partial charge in [0.05, 0.1) is 9.81 Å². The summed E-state index contributed by atoms with van der Waals surface area (Å²) in [5, 5.41) is 0. The first kappa shape index (κ1) is 21.6. The largest absolute Gasteiger partial charge is 0.255 e. The zero-order chi connectivity index (χ0) is 28.8. The van der Waals surface area contributed by atoms with Crippen LogP contribution in [0.4, 0.5) is 0 Å². The van der Waals surface area contributed by atoms with E-state index in [2.05, 4.69) is 83.1 Å². The summed E-state index contributed by atoms with van der Waals surface area (Å²) in [4.78, 5) is 19.0. The number of nitrogens with zero attached hydrogens (tertiary/aromatic N) is 4. The summed E-state index contributed by atoms with van der Waals surface area (Å²) >= 11 is 0. The fourth-order valence-electron chi connectivity index (χ4n) is 4.73. The lowest BCUT2D eigenvalue weighted by atomic mass is 9.59. The third kappa shape index (κ3) is 3.99. The third-order valence-corrected chi connectivity index (χ3v) is 8.44. The quantitative estimate of drug-likeness (QED) is 0.381. The van der Waals surface area contributed by atoms with Crippen LogP contribution in [0, 0.1) is 5.41 Å². The van der Waals surface area contributed by atoms with Crippen LogP contribution in [0.5, 0.6) is 0 Å². The van der Waals surface area contributed by atoms with Gasteiger partial charge in [0.15, 0.2) is 5.82 Å². The summed E-state index contributed by atoms with van der Waals surface area (Å²) in [5.41, 5.74) is 1.96. The lowest BCUT2D eigenvalue weighted by Gasteiger charge is -2.44. The molecule has 2 heterocycles. The van der Waals surface area contributed by atoms with Gasteiger partial charge in [-0.15, -0.1) is 0 Å². The van der Waals surface area contributed by atoms with Crippen molar-refractivity contribution in [3.8, 4) is 22.6 Å². The van der Waals surface area contributed by atoms with Gasteiger partial charge in [0.25, 0.3) is 0 Å². The summed E-state index contributed by atoms with van der Waals surface area (Å²) in [6, 6.07) is 4.27. The Labute approximate surface area is 216 Å². The molecule has 0 saturated heterocycles. The van der Waals surface area contributed by atoms with Crippen molar-refractivity contribution in [2.75, 3.05) is 0 Å². The van der Waals surface area contributed by atoms with Crippen molar-refractivity contribution >= 4 is 0 Å². The molecule has 186 valence electrons. The Kier molecular flexibility index (Phi) is 4.75. The van der Waals surface area contributed by atoms with Crippen LogP contribution in [-0.2, 0) is 21.7 Å². The predicted molar refractivity (Wildman–Crippen MR) is 146 cm³/mol. The standard InChI is InChI=1S/C31H42N4/c1-27(2,3)25-33-24(34-26(35-25)28(4,5)6)20-14-16-23(32-18-20)19-13-15-21-22(17-19)30(9,10)31(11,12)29(21,7)8/h13-18H,1-12H3/i13D,15D,17D. The van der Waals surface area contributed by atoms with E-state index in [0.29, 0.717) is 23.1 Å². The fourth-order valence-corrected chi connectivity index (χ4v) is 4.73. The molecule has 0 spiro atoms. The van der Waals surface area contributed by atoms with Crippen LogP contribution in [-0.4, -0.2) is 19.9 Å². The van der Waals surface area contributed by atoms with E-state index in [4.69, 9.17) is 22.7 Å². The van der Waals surface area contributed by atoms with E-state index in [1.807, 2.05) is 12.1 Å². The molecular formula is C31H42N4. The SMILES string of the molecule is [2H]c1c([2H])c2c(c([2H])c1-c1ccc(-c3nc(C(C)(C)C)nc(C(C)(C)C)n3)cn1)C(C)(C)C(C)(C)C2(C)C. The summed E-state index contributed by atoms with van der Waals surface area (Å²) in [6.07, 6.45) is 1.71. The number of pyridine rings is 1. The van der Waals surface area contributed by atoms with Gasteiger partial charge in [-0.1, -0.05) is 95.2 Å². The van der Waals surface area contributed by atoms with Crippen molar-refractivity contribution in [3.63, 3.8) is 0 Å². The van der Waals surface area contributed by atoms with E-state index < -0.39 is 0 Å². The number of fused-ring (bicyclic) bond motifs is 1. The van der Waals surface area contributed by atoms with Crippen LogP contribution in [0.15, 0.2) is 36.5 Å². The highest BCUT2D eigenvalue weighted by Crippen LogP contribution is 2.61. The molecule has 4 rings (SSSR count). The third-order valence-electron chi connectivity index (χ3n) is 8.44. The van der Waals surface area contributed by atoms with E-state index in [9.17, 15) is 1.37 Å². The Balaban J connectivity index is 1.89. The fraction of sp³-hybridized carbons (Fsp3) is 0.548. The molecule has 0 fully saturated rings. The molecule has 2 aromatic heterocycles. The van der Waals surface area contributed by atoms with Gasteiger partial charge in [-0.3, -0.25) is 4.98 Å². The lowest BCUT2D eigenvalue weighted by molar-refractivity contribution is 0.125. The summed E-state index contributed by atoms with van der Waals surface area (Å²) in [7, 11) is 0. The smallest absolute Gasteiger partial charge is 0.164 e. The molecule has 4 nitrogen and oxygen atoms in total. The van der Waals surface area contributed by atoms with Crippen LogP contribution in [0.2, 0.25) is 0 Å². The van der Waals surface area contributed by atoms with E-state index in [1.54, 1.807) is 6.20 Å². The molecule has 0 atom stereocenters. The molecule has 0 radical (unpaired) electrons. The van der Waals surface area contributed by atoms with Crippen molar-refractivity contribution in [3.05, 3.63) is 59.2 Å². The second-order valence-electron chi connectivity index (χ2n) is 13.6. The van der Waals surface area contributed by atoms with Crippen LogP contribution in [0.1, 0.15) is 110 Å². The first-order chi connectivity index (χ1) is 17.1. The van der Waals surface area contributed by atoms with Crippen LogP contribution >= 0.6 is 0 Å². The van der Waals surface area contributed by atoms with Crippen molar-refractivity contribution in [2.24, 2.45) is 5.41 Å². The maximum Gasteiger partial charge on any atom is 0.164 e. The maximum absolute atomic E-state index is 9.25. The number of hydrogen-bond donors (Lipinski definition) is 0. The Morgan fingerprint density at radius 3 is 1.71 bits per heavy atom. The van der Waals surface area contributed by atoms with Gasteiger partial charge in [0.1, 0.15) is 11.6 Å². The van der Waals surface area contributed by atoms with E-state index in [1.165, 1.54) is 0 Å². The molecule has 0 bridgehead atoms. The van der Waals surface area contributed by atoms with E-state index in [0.717, 1.165) is 28.3 Å². The number of benzene rings is 1. The minimum Gasteiger partial charge on any atom is -0.255 e. The molecule has 0 unspecified atom stereocenters. The average Bonchev–Trinajstić information content (AvgIpc) is 2.90. The Hall–Kier alpha value is -2.62. The number of rotatable bonds is 2. The van der Waals surface area contributed by atoms with Crippen molar-refractivity contribution in [1.82, 2.24) is 19.9 Å². The maximum atomic E-state index is 9.25. The van der Waals surface area contributed by atoms with Gasteiger partial charge in [-0.2, -0.15) is 0 Å². The summed E-state index contributed by atoms with van der Waals surface area (Å²) < 4.78 is 27.1. The monoisotopic (exact) mass is 473 g/mol. The zero-order valence-corrected chi connectivity index (χ0v) is 23.5. The number of hydrogen-bond acceptors (Lipinski definition) is 4. The van der Waals surface area contributed by atoms with Crippen molar-refractivity contribution < 1.29 is 4.11 Å². The summed E-state index contributed by atoms with van der Waals surface area (Å²) in [6.45, 7) is 25.5. The first-order valence-electron chi connectivity index (χ1n) is 14.0. The molecule has 3 aromatic rings. The second kappa shape index (κ2) is 7.69. The molecule has 0 aliphatic heterocycles. The van der Waals surface area contributed by atoms with Gasteiger partial charge in [-0.25, -0.2) is 15.0 Å². The highest BCUT2D eigenvalue weighted by Gasteiger charge is 2.56. The van der Waals surface area contributed by atoms with Gasteiger partial charge < -0.3 is 0 Å². The molecule has 0 amide bonds. The highest BCUT2D eigenvalue weighted by molar-refractivity contribution is 5.66.